The van der Waals surface area contributed by atoms with Gasteiger partial charge in [-0.2, -0.15) is 0 Å². The second-order valence-corrected chi connectivity index (χ2v) is 3.18. The molecule has 0 radical (unpaired) electrons. The number of ether oxygens (including phenoxy) is 2. The Morgan fingerprint density at radius 3 is 2.79 bits per heavy atom. The minimum atomic E-state index is -0.306. The molecule has 0 fully saturated rings. The first-order valence-electron chi connectivity index (χ1n) is 5.11. The molecule has 0 saturated carbocycles. The smallest absolute Gasteiger partial charge is 0.330 e. The number of unbranched alkanes of at least 4 members (excludes halogenated alkanes) is 1. The van der Waals surface area contributed by atoms with Crippen LogP contribution in [0.4, 0.5) is 0 Å². The highest BCUT2D eigenvalue weighted by molar-refractivity contribution is 5.81. The van der Waals surface area contributed by atoms with Crippen LogP contribution < -0.4 is 0 Å². The van der Waals surface area contributed by atoms with Crippen molar-refractivity contribution in [3.05, 3.63) is 12.2 Å². The maximum Gasteiger partial charge on any atom is 0.330 e. The Bertz CT molecular complexity index is 175. The van der Waals surface area contributed by atoms with Gasteiger partial charge in [0.05, 0.1) is 6.61 Å². The second kappa shape index (κ2) is 8.75. The molecule has 1 atom stereocenters. The van der Waals surface area contributed by atoms with E-state index in [2.05, 4.69) is 6.92 Å². The molecule has 0 aromatic carbocycles. The molecule has 0 bridgehead atoms. The average molecular weight is 200 g/mol. The van der Waals surface area contributed by atoms with Crippen molar-refractivity contribution in [3.63, 3.8) is 0 Å². The Kier molecular flexibility index (Phi) is 8.24. The Balaban J connectivity index is 3.44. The normalized spacial score (nSPS) is 13.1. The van der Waals surface area contributed by atoms with Crippen molar-refractivity contribution in [2.24, 2.45) is 0 Å². The van der Waals surface area contributed by atoms with Crippen molar-refractivity contribution in [1.82, 2.24) is 0 Å². The summed E-state index contributed by atoms with van der Waals surface area (Å²) in [4.78, 5) is 11.0. The largest absolute Gasteiger partial charge is 0.457 e. The van der Waals surface area contributed by atoms with Crippen LogP contribution in [0.15, 0.2) is 12.2 Å². The zero-order valence-electron chi connectivity index (χ0n) is 9.29. The molecule has 0 rings (SSSR count). The lowest BCUT2D eigenvalue weighted by Crippen LogP contribution is -2.19. The lowest BCUT2D eigenvalue weighted by atomic mass is 10.3. The van der Waals surface area contributed by atoms with Crippen molar-refractivity contribution in [2.45, 2.75) is 39.7 Å². The van der Waals surface area contributed by atoms with Crippen LogP contribution in [0.3, 0.4) is 0 Å². The van der Waals surface area contributed by atoms with Crippen molar-refractivity contribution < 1.29 is 14.3 Å². The minimum Gasteiger partial charge on any atom is -0.457 e. The van der Waals surface area contributed by atoms with Crippen LogP contribution in [-0.4, -0.2) is 25.3 Å². The average Bonchev–Trinajstić information content (AvgIpc) is 2.13. The van der Waals surface area contributed by atoms with Gasteiger partial charge in [0.2, 0.25) is 0 Å². The van der Waals surface area contributed by atoms with E-state index in [1.54, 1.807) is 13.0 Å². The number of carbonyl (C=O) groups is 1. The molecule has 3 nitrogen and oxygen atoms in total. The van der Waals surface area contributed by atoms with E-state index in [-0.39, 0.29) is 12.1 Å². The van der Waals surface area contributed by atoms with E-state index >= 15 is 0 Å². The molecule has 0 unspecified atom stereocenters. The van der Waals surface area contributed by atoms with Gasteiger partial charge < -0.3 is 9.47 Å². The fourth-order valence-electron chi connectivity index (χ4n) is 0.903. The SMILES string of the molecule is C/C=C/C(=O)O[C@H](C)COCCCC. The highest BCUT2D eigenvalue weighted by Crippen LogP contribution is 1.96. The fourth-order valence-corrected chi connectivity index (χ4v) is 0.903. The standard InChI is InChI=1S/C11H20O3/c1-4-6-8-13-9-10(3)14-11(12)7-5-2/h5,7,10H,4,6,8-9H2,1-3H3/b7-5+/t10-/m1/s1. The first-order valence-corrected chi connectivity index (χ1v) is 5.11. The van der Waals surface area contributed by atoms with Crippen molar-refractivity contribution in [1.29, 1.82) is 0 Å². The molecule has 0 amide bonds. The Hall–Kier alpha value is -0.830. The van der Waals surface area contributed by atoms with Gasteiger partial charge in [0, 0.05) is 12.7 Å². The molecule has 82 valence electrons. The molecule has 14 heavy (non-hydrogen) atoms. The van der Waals surface area contributed by atoms with Gasteiger partial charge in [-0.25, -0.2) is 4.79 Å². The quantitative estimate of drug-likeness (QED) is 0.359. The molecular formula is C11H20O3. The van der Waals surface area contributed by atoms with Gasteiger partial charge in [0.1, 0.15) is 6.10 Å². The predicted octanol–water partition coefficient (Wildman–Crippen LogP) is 2.31. The molecule has 0 aliphatic carbocycles. The van der Waals surface area contributed by atoms with Crippen molar-refractivity contribution in [3.8, 4) is 0 Å². The van der Waals surface area contributed by atoms with E-state index in [9.17, 15) is 4.79 Å². The predicted molar refractivity (Wildman–Crippen MR) is 56.1 cm³/mol. The number of esters is 1. The summed E-state index contributed by atoms with van der Waals surface area (Å²) in [6.45, 7) is 6.93. The number of rotatable bonds is 7. The van der Waals surface area contributed by atoms with E-state index in [0.29, 0.717) is 6.61 Å². The topological polar surface area (TPSA) is 35.5 Å². The van der Waals surface area contributed by atoms with Gasteiger partial charge in [-0.3, -0.25) is 0 Å². The maximum atomic E-state index is 11.0. The maximum absolute atomic E-state index is 11.0. The van der Waals surface area contributed by atoms with E-state index in [1.165, 1.54) is 6.08 Å². The Morgan fingerprint density at radius 2 is 2.21 bits per heavy atom. The third-order valence-electron chi connectivity index (χ3n) is 1.61. The number of hydrogen-bond acceptors (Lipinski definition) is 3. The molecule has 0 saturated heterocycles. The summed E-state index contributed by atoms with van der Waals surface area (Å²) < 4.78 is 10.3. The zero-order chi connectivity index (χ0) is 10.8. The molecule has 0 aliphatic heterocycles. The second-order valence-electron chi connectivity index (χ2n) is 3.18. The summed E-state index contributed by atoms with van der Waals surface area (Å²) >= 11 is 0. The molecule has 0 aromatic rings. The molecule has 0 heterocycles. The van der Waals surface area contributed by atoms with Gasteiger partial charge in [-0.05, 0) is 20.3 Å². The molecule has 0 spiro atoms. The zero-order valence-corrected chi connectivity index (χ0v) is 9.29. The van der Waals surface area contributed by atoms with E-state index in [0.717, 1.165) is 19.4 Å². The van der Waals surface area contributed by atoms with Gasteiger partial charge in [-0.1, -0.05) is 19.4 Å². The number of allylic oxidation sites excluding steroid dienone is 1. The van der Waals surface area contributed by atoms with Crippen LogP contribution in [0.1, 0.15) is 33.6 Å². The summed E-state index contributed by atoms with van der Waals surface area (Å²) in [7, 11) is 0. The number of carbonyl (C=O) groups excluding carboxylic acids is 1. The Morgan fingerprint density at radius 1 is 1.50 bits per heavy atom. The highest BCUT2D eigenvalue weighted by atomic mass is 16.6. The summed E-state index contributed by atoms with van der Waals surface area (Å²) in [5, 5.41) is 0. The van der Waals surface area contributed by atoms with Gasteiger partial charge in [0.15, 0.2) is 0 Å². The minimum absolute atomic E-state index is 0.171. The lowest BCUT2D eigenvalue weighted by Gasteiger charge is -2.11. The number of hydrogen-bond donors (Lipinski definition) is 0. The monoisotopic (exact) mass is 200 g/mol. The molecule has 0 aromatic heterocycles. The van der Waals surface area contributed by atoms with Gasteiger partial charge in [0.25, 0.3) is 0 Å². The first kappa shape index (κ1) is 13.2. The van der Waals surface area contributed by atoms with Crippen LogP contribution in [-0.2, 0) is 14.3 Å². The van der Waals surface area contributed by atoms with E-state index in [4.69, 9.17) is 9.47 Å². The van der Waals surface area contributed by atoms with E-state index < -0.39 is 0 Å². The molecule has 0 aliphatic rings. The highest BCUT2D eigenvalue weighted by Gasteiger charge is 2.05. The van der Waals surface area contributed by atoms with Gasteiger partial charge >= 0.3 is 5.97 Å². The van der Waals surface area contributed by atoms with Crippen LogP contribution >= 0.6 is 0 Å². The van der Waals surface area contributed by atoms with Crippen molar-refractivity contribution in [2.75, 3.05) is 13.2 Å². The Labute approximate surface area is 86.1 Å². The lowest BCUT2D eigenvalue weighted by molar-refractivity contribution is -0.144. The van der Waals surface area contributed by atoms with Crippen molar-refractivity contribution >= 4 is 5.97 Å². The summed E-state index contributed by atoms with van der Waals surface area (Å²) in [6, 6.07) is 0. The molecular weight excluding hydrogens is 180 g/mol. The van der Waals surface area contributed by atoms with Gasteiger partial charge in [-0.15, -0.1) is 0 Å². The van der Waals surface area contributed by atoms with Crippen LogP contribution in [0.2, 0.25) is 0 Å². The molecule has 3 heteroatoms. The summed E-state index contributed by atoms with van der Waals surface area (Å²) in [5.41, 5.74) is 0. The fraction of sp³-hybridized carbons (Fsp3) is 0.727. The van der Waals surface area contributed by atoms with Crippen LogP contribution in [0.5, 0.6) is 0 Å². The van der Waals surface area contributed by atoms with Crippen LogP contribution in [0, 0.1) is 0 Å². The first-order chi connectivity index (χ1) is 6.70. The summed E-state index contributed by atoms with van der Waals surface area (Å²) in [6.07, 6.45) is 5.06. The van der Waals surface area contributed by atoms with E-state index in [1.807, 2.05) is 6.92 Å². The third kappa shape index (κ3) is 7.80. The molecule has 0 N–H and O–H groups in total. The van der Waals surface area contributed by atoms with Crippen LogP contribution in [0.25, 0.3) is 0 Å². The third-order valence-corrected chi connectivity index (χ3v) is 1.61. The summed E-state index contributed by atoms with van der Waals surface area (Å²) in [5.74, 6) is -0.306.